The van der Waals surface area contributed by atoms with Crippen LogP contribution in [0, 0.1) is 46.8 Å². The molecule has 7 nitrogen and oxygen atoms in total. The zero-order valence-corrected chi connectivity index (χ0v) is 25.7. The largest absolute Gasteiger partial charge is 0.508 e. The van der Waals surface area contributed by atoms with E-state index in [1.54, 1.807) is 6.08 Å². The van der Waals surface area contributed by atoms with Gasteiger partial charge in [-0.25, -0.2) is 26.9 Å². The number of carbonyl (C=O) groups excluding carboxylic acids is 4. The first-order valence-electron chi connectivity index (χ1n) is 14.1. The minimum Gasteiger partial charge on any atom is -0.508 e. The highest BCUT2D eigenvalue weighted by atomic mass is 35.5. The number of halogens is 8. The number of anilines is 2. The number of aromatic hydroxyl groups is 1. The fourth-order valence-corrected chi connectivity index (χ4v) is 8.54. The number of imide groups is 2. The number of phenolic OH excluding ortho intramolecular Hbond substituents is 1. The molecule has 2 saturated heterocycles. The predicted octanol–water partition coefficient (Wildman–Crippen LogP) is 6.51. The zero-order chi connectivity index (χ0) is 33.9. The molecule has 4 amide bonds. The average Bonchev–Trinajstić information content (AvgIpc) is 3.38. The first kappa shape index (κ1) is 31.6. The van der Waals surface area contributed by atoms with Gasteiger partial charge in [-0.1, -0.05) is 41.4 Å². The van der Waals surface area contributed by atoms with Gasteiger partial charge in [0.1, 0.15) is 11.4 Å². The van der Waals surface area contributed by atoms with E-state index < -0.39 is 104 Å². The van der Waals surface area contributed by atoms with Crippen LogP contribution in [0.2, 0.25) is 5.02 Å². The van der Waals surface area contributed by atoms with E-state index in [0.29, 0.717) is 5.02 Å². The number of carbonyl (C=O) groups is 4. The van der Waals surface area contributed by atoms with Crippen molar-refractivity contribution >= 4 is 69.8 Å². The van der Waals surface area contributed by atoms with Gasteiger partial charge in [0.25, 0.3) is 11.8 Å². The van der Waals surface area contributed by atoms with Gasteiger partial charge >= 0.3 is 0 Å². The molecule has 0 unspecified atom stereocenters. The Balaban J connectivity index is 1.43. The molecule has 3 fully saturated rings. The highest BCUT2D eigenvalue weighted by Gasteiger charge is 2.77. The molecule has 1 N–H and O–H groups in total. The molecule has 0 radical (unpaired) electrons. The predicted molar refractivity (Wildman–Crippen MR) is 158 cm³/mol. The van der Waals surface area contributed by atoms with Gasteiger partial charge in [-0.05, 0) is 49.1 Å². The van der Waals surface area contributed by atoms with Crippen molar-refractivity contribution in [2.75, 3.05) is 9.80 Å². The summed E-state index contributed by atoms with van der Waals surface area (Å²) in [5.41, 5.74) is -1.52. The quantitative estimate of drug-likeness (QED) is 0.0836. The van der Waals surface area contributed by atoms with Crippen LogP contribution in [-0.4, -0.2) is 38.5 Å². The summed E-state index contributed by atoms with van der Waals surface area (Å²) >= 11 is 20.1. The lowest BCUT2D eigenvalue weighted by Crippen LogP contribution is -2.60. The minimum absolute atomic E-state index is 0.0407. The molecule has 47 heavy (non-hydrogen) atoms. The summed E-state index contributed by atoms with van der Waals surface area (Å²) in [6.45, 7) is 0. The number of allylic oxidation sites excluding steroid dienone is 2. The monoisotopic (exact) mass is 710 g/mol. The fourth-order valence-electron chi connectivity index (χ4n) is 7.49. The summed E-state index contributed by atoms with van der Waals surface area (Å²) in [5, 5.41) is 11.3. The Hall–Kier alpha value is -4.00. The van der Waals surface area contributed by atoms with Gasteiger partial charge in [0.05, 0.1) is 17.5 Å². The number of alkyl halides is 2. The lowest BCUT2D eigenvalue weighted by Gasteiger charge is -2.50. The van der Waals surface area contributed by atoms with E-state index in [2.05, 4.69) is 0 Å². The molecule has 0 bridgehead atoms. The SMILES string of the molecule is O=C1[C@H]2[C@H](CC=C3[C@H]2C[C@@]2(Cl)C(=O)N(c4c(F)c(F)c(F)c(F)c4F)C(=O)[C@@]2(Cl)[C@H]3c2ccccc2O)C(=O)N1c1ccc(Cl)cc1. The summed E-state index contributed by atoms with van der Waals surface area (Å²) in [6.07, 6.45) is 0.846. The van der Waals surface area contributed by atoms with Crippen LogP contribution in [0.25, 0.3) is 0 Å². The zero-order valence-electron chi connectivity index (χ0n) is 23.4. The molecule has 15 heteroatoms. The number of nitrogens with zero attached hydrogens (tertiary/aromatic N) is 2. The lowest BCUT2D eigenvalue weighted by atomic mass is 9.56. The van der Waals surface area contributed by atoms with Crippen LogP contribution in [0.15, 0.2) is 60.2 Å². The number of hydrogen-bond acceptors (Lipinski definition) is 5. The number of phenols is 1. The molecule has 3 aromatic carbocycles. The molecule has 6 atom stereocenters. The van der Waals surface area contributed by atoms with E-state index in [-0.39, 0.29) is 28.1 Å². The molecule has 7 rings (SSSR count). The van der Waals surface area contributed by atoms with Crippen molar-refractivity contribution in [1.82, 2.24) is 0 Å². The van der Waals surface area contributed by atoms with Crippen molar-refractivity contribution in [3.8, 4) is 5.75 Å². The molecule has 2 heterocycles. The molecule has 1 saturated carbocycles. The summed E-state index contributed by atoms with van der Waals surface area (Å²) in [6, 6.07) is 11.3. The van der Waals surface area contributed by atoms with Gasteiger partial charge in [-0.3, -0.25) is 24.1 Å². The van der Waals surface area contributed by atoms with Crippen molar-refractivity contribution in [3.63, 3.8) is 0 Å². The number of fused-ring (bicyclic) bond motifs is 4. The number of rotatable bonds is 3. The van der Waals surface area contributed by atoms with E-state index in [4.69, 9.17) is 34.8 Å². The maximum atomic E-state index is 15.1. The molecule has 242 valence electrons. The molecule has 0 aromatic heterocycles. The van der Waals surface area contributed by atoms with Gasteiger partial charge < -0.3 is 5.11 Å². The molecule has 2 aliphatic heterocycles. The van der Waals surface area contributed by atoms with Crippen molar-refractivity contribution < 1.29 is 46.2 Å². The third-order valence-electron chi connectivity index (χ3n) is 9.55. The smallest absolute Gasteiger partial charge is 0.258 e. The van der Waals surface area contributed by atoms with E-state index in [1.807, 2.05) is 0 Å². The number of para-hydroxylation sites is 1. The molecular weight excluding hydrogens is 694 g/mol. The topological polar surface area (TPSA) is 95.0 Å². The second-order valence-electron chi connectivity index (χ2n) is 11.7. The fraction of sp³-hybridized carbons (Fsp3) is 0.250. The highest BCUT2D eigenvalue weighted by molar-refractivity contribution is 6.58. The van der Waals surface area contributed by atoms with Crippen LogP contribution in [0.3, 0.4) is 0 Å². The van der Waals surface area contributed by atoms with E-state index in [0.717, 1.165) is 4.90 Å². The molecular formula is C32H18Cl3F5N2O5. The van der Waals surface area contributed by atoms with Crippen LogP contribution >= 0.6 is 34.8 Å². The highest BCUT2D eigenvalue weighted by Crippen LogP contribution is 2.66. The van der Waals surface area contributed by atoms with Crippen LogP contribution < -0.4 is 9.80 Å². The third-order valence-corrected chi connectivity index (χ3v) is 11.2. The Morgan fingerprint density at radius 1 is 0.745 bits per heavy atom. The normalized spacial score (nSPS) is 30.0. The summed E-state index contributed by atoms with van der Waals surface area (Å²) in [4.78, 5) is 51.4. The van der Waals surface area contributed by atoms with Gasteiger partial charge in [-0.2, -0.15) is 0 Å². The second-order valence-corrected chi connectivity index (χ2v) is 13.4. The number of amides is 4. The van der Waals surface area contributed by atoms with Crippen LogP contribution in [0.4, 0.5) is 33.3 Å². The minimum atomic E-state index is -2.72. The Labute approximate surface area is 277 Å². The molecule has 0 spiro atoms. The van der Waals surface area contributed by atoms with Crippen LogP contribution in [-0.2, 0) is 19.2 Å². The third kappa shape index (κ3) is 3.98. The van der Waals surface area contributed by atoms with Gasteiger partial charge in [-0.15, -0.1) is 23.2 Å². The Morgan fingerprint density at radius 3 is 1.96 bits per heavy atom. The first-order valence-corrected chi connectivity index (χ1v) is 15.2. The Kier molecular flexibility index (Phi) is 7.06. The van der Waals surface area contributed by atoms with Crippen LogP contribution in [0.1, 0.15) is 24.3 Å². The second kappa shape index (κ2) is 10.5. The standard InChI is InChI=1S/C32H18Cl3F5N2O5/c33-12-5-7-13(8-6-12)41-27(44)16-10-9-14-17(19(16)28(41)45)11-31(34)29(46)42(26-24(39)22(37)21(36)23(38)25(26)40)30(47)32(31,35)20(14)15-3-1-2-4-18(15)43/h1-9,16-17,19-20,43H,10-11H2/t16-,17+,19-,20+,31+,32-/m0/s1. The van der Waals surface area contributed by atoms with Crippen molar-refractivity contribution in [2.24, 2.45) is 17.8 Å². The van der Waals surface area contributed by atoms with Gasteiger partial charge in [0.15, 0.2) is 33.0 Å². The van der Waals surface area contributed by atoms with Gasteiger partial charge in [0, 0.05) is 16.5 Å². The van der Waals surface area contributed by atoms with Crippen LogP contribution in [0.5, 0.6) is 5.75 Å². The van der Waals surface area contributed by atoms with Crippen molar-refractivity contribution in [3.05, 3.63) is 99.9 Å². The van der Waals surface area contributed by atoms with E-state index in [1.165, 1.54) is 48.5 Å². The maximum Gasteiger partial charge on any atom is 0.258 e. The summed E-state index contributed by atoms with van der Waals surface area (Å²) in [5.74, 6) is -22.0. The molecule has 3 aromatic rings. The number of benzene rings is 3. The van der Waals surface area contributed by atoms with E-state index in [9.17, 15) is 37.5 Å². The lowest BCUT2D eigenvalue weighted by molar-refractivity contribution is -0.125. The average molecular weight is 712 g/mol. The summed E-state index contributed by atoms with van der Waals surface area (Å²) in [7, 11) is 0. The Bertz CT molecular complexity index is 1960. The van der Waals surface area contributed by atoms with E-state index >= 15 is 8.78 Å². The molecule has 2 aliphatic carbocycles. The number of hydrogen-bond donors (Lipinski definition) is 1. The Morgan fingerprint density at radius 2 is 1.34 bits per heavy atom. The molecule has 4 aliphatic rings. The first-order chi connectivity index (χ1) is 22.2. The van der Waals surface area contributed by atoms with Crippen molar-refractivity contribution in [2.45, 2.75) is 28.5 Å². The maximum absolute atomic E-state index is 15.1. The summed E-state index contributed by atoms with van der Waals surface area (Å²) < 4.78 is 72.8. The van der Waals surface area contributed by atoms with Gasteiger partial charge in [0.2, 0.25) is 17.6 Å². The van der Waals surface area contributed by atoms with Crippen molar-refractivity contribution in [1.29, 1.82) is 0 Å².